The molecule has 1 aromatic carbocycles. The molecule has 1 unspecified atom stereocenters. The SMILES string of the molecule is Cc1cc(OCC2(CC(N)=O)CN(C(=O)c3c(C(C)C)noc3C)CCO2)ccc1Cl. The highest BCUT2D eigenvalue weighted by Crippen LogP contribution is 2.29. The Kier molecular flexibility index (Phi) is 6.91. The van der Waals surface area contributed by atoms with Crippen molar-refractivity contribution in [3.63, 3.8) is 0 Å². The van der Waals surface area contributed by atoms with Crippen LogP contribution in [0.5, 0.6) is 5.75 Å². The van der Waals surface area contributed by atoms with Gasteiger partial charge in [0.15, 0.2) is 0 Å². The number of aromatic nitrogens is 1. The van der Waals surface area contributed by atoms with E-state index in [1.54, 1.807) is 24.0 Å². The van der Waals surface area contributed by atoms with Gasteiger partial charge >= 0.3 is 0 Å². The van der Waals surface area contributed by atoms with Crippen LogP contribution in [0.25, 0.3) is 0 Å². The van der Waals surface area contributed by atoms with Gasteiger partial charge in [0.25, 0.3) is 5.91 Å². The number of primary amides is 1. The first-order valence-corrected chi connectivity index (χ1v) is 10.6. The van der Waals surface area contributed by atoms with Gasteiger partial charge in [-0.15, -0.1) is 0 Å². The second-order valence-electron chi connectivity index (χ2n) is 8.25. The molecule has 31 heavy (non-hydrogen) atoms. The van der Waals surface area contributed by atoms with Crippen LogP contribution in [0.1, 0.15) is 53.6 Å². The first-order valence-electron chi connectivity index (χ1n) is 10.2. The highest BCUT2D eigenvalue weighted by Gasteiger charge is 2.42. The van der Waals surface area contributed by atoms with Crippen LogP contribution in [0.4, 0.5) is 0 Å². The minimum absolute atomic E-state index is 0.0318. The highest BCUT2D eigenvalue weighted by atomic mass is 35.5. The fraction of sp³-hybridized carbons (Fsp3) is 0.500. The van der Waals surface area contributed by atoms with E-state index in [1.165, 1.54) is 0 Å². The van der Waals surface area contributed by atoms with Crippen LogP contribution >= 0.6 is 11.6 Å². The molecule has 168 valence electrons. The Hall–Kier alpha value is -2.58. The molecule has 1 aromatic heterocycles. The Morgan fingerprint density at radius 2 is 2.10 bits per heavy atom. The molecule has 0 saturated carbocycles. The molecule has 0 spiro atoms. The summed E-state index contributed by atoms with van der Waals surface area (Å²) in [6, 6.07) is 5.29. The molecular formula is C22H28ClN3O5. The average molecular weight is 450 g/mol. The van der Waals surface area contributed by atoms with Crippen molar-refractivity contribution in [2.75, 3.05) is 26.3 Å². The number of amides is 2. The smallest absolute Gasteiger partial charge is 0.259 e. The molecule has 8 nitrogen and oxygen atoms in total. The van der Waals surface area contributed by atoms with Crippen LogP contribution in [-0.2, 0) is 9.53 Å². The third-order valence-electron chi connectivity index (χ3n) is 5.31. The lowest BCUT2D eigenvalue weighted by Crippen LogP contribution is -2.58. The summed E-state index contributed by atoms with van der Waals surface area (Å²) in [6.07, 6.45) is -0.0803. The van der Waals surface area contributed by atoms with E-state index in [0.717, 1.165) is 5.56 Å². The topological polar surface area (TPSA) is 108 Å². The van der Waals surface area contributed by atoms with E-state index in [0.29, 0.717) is 34.3 Å². The monoisotopic (exact) mass is 449 g/mol. The lowest BCUT2D eigenvalue weighted by Gasteiger charge is -2.42. The van der Waals surface area contributed by atoms with Crippen LogP contribution in [0.3, 0.4) is 0 Å². The van der Waals surface area contributed by atoms with Gasteiger partial charge in [-0.05, 0) is 43.5 Å². The molecule has 2 heterocycles. The van der Waals surface area contributed by atoms with Crippen molar-refractivity contribution in [3.8, 4) is 5.75 Å². The number of benzene rings is 1. The fourth-order valence-corrected chi connectivity index (χ4v) is 3.82. The van der Waals surface area contributed by atoms with Crippen LogP contribution in [0, 0.1) is 13.8 Å². The lowest BCUT2D eigenvalue weighted by atomic mass is 9.96. The van der Waals surface area contributed by atoms with Gasteiger partial charge in [-0.3, -0.25) is 9.59 Å². The van der Waals surface area contributed by atoms with E-state index in [4.69, 9.17) is 31.3 Å². The van der Waals surface area contributed by atoms with Gasteiger partial charge in [0.1, 0.15) is 29.3 Å². The molecule has 9 heteroatoms. The fourth-order valence-electron chi connectivity index (χ4n) is 3.70. The number of carbonyl (C=O) groups excluding carboxylic acids is 2. The second-order valence-corrected chi connectivity index (χ2v) is 8.66. The summed E-state index contributed by atoms with van der Waals surface area (Å²) in [5, 5.41) is 4.68. The number of halogens is 1. The molecule has 1 aliphatic rings. The van der Waals surface area contributed by atoms with Crippen LogP contribution in [0.15, 0.2) is 22.7 Å². The minimum atomic E-state index is -1.06. The van der Waals surface area contributed by atoms with Gasteiger partial charge in [0, 0.05) is 11.6 Å². The number of nitrogens with zero attached hydrogens (tertiary/aromatic N) is 2. The third kappa shape index (κ3) is 5.19. The van der Waals surface area contributed by atoms with Crippen molar-refractivity contribution in [1.29, 1.82) is 0 Å². The normalized spacial score (nSPS) is 19.0. The van der Waals surface area contributed by atoms with E-state index in [2.05, 4.69) is 5.16 Å². The molecule has 2 amide bonds. The summed E-state index contributed by atoms with van der Waals surface area (Å²) in [5.41, 5.74) is 6.39. The first kappa shape index (κ1) is 23.1. The highest BCUT2D eigenvalue weighted by molar-refractivity contribution is 6.31. The van der Waals surface area contributed by atoms with Gasteiger partial charge < -0.3 is 24.6 Å². The molecule has 1 saturated heterocycles. The maximum absolute atomic E-state index is 13.3. The number of aryl methyl sites for hydroxylation is 2. The predicted molar refractivity (Wildman–Crippen MR) is 115 cm³/mol. The summed E-state index contributed by atoms with van der Waals surface area (Å²) < 4.78 is 17.2. The zero-order chi connectivity index (χ0) is 22.8. The number of nitrogens with two attached hydrogens (primary N) is 1. The lowest BCUT2D eigenvalue weighted by molar-refractivity contribution is -0.142. The summed E-state index contributed by atoms with van der Waals surface area (Å²) in [5.74, 6) is 0.351. The molecule has 1 atom stereocenters. The van der Waals surface area contributed by atoms with Gasteiger partial charge in [0.2, 0.25) is 5.91 Å². The number of carbonyl (C=O) groups is 2. The number of hydrogen-bond donors (Lipinski definition) is 1. The van der Waals surface area contributed by atoms with Crippen molar-refractivity contribution in [2.24, 2.45) is 5.73 Å². The van der Waals surface area contributed by atoms with E-state index in [-0.39, 0.29) is 38.0 Å². The minimum Gasteiger partial charge on any atom is -0.490 e. The molecule has 2 aromatic rings. The standard InChI is InChI=1S/C22H28ClN3O5/c1-13(2)20-19(15(4)31-25-20)21(28)26-7-8-30-22(11-26,10-18(24)27)12-29-16-5-6-17(23)14(3)9-16/h5-6,9,13H,7-8,10-12H2,1-4H3,(H2,24,27). The predicted octanol–water partition coefficient (Wildman–Crippen LogP) is 3.23. The number of hydrogen-bond acceptors (Lipinski definition) is 6. The van der Waals surface area contributed by atoms with Crippen molar-refractivity contribution >= 4 is 23.4 Å². The molecule has 3 rings (SSSR count). The Morgan fingerprint density at radius 1 is 1.35 bits per heavy atom. The maximum atomic E-state index is 13.3. The van der Waals surface area contributed by atoms with E-state index in [1.807, 2.05) is 26.8 Å². The quantitative estimate of drug-likeness (QED) is 0.695. The molecule has 2 N–H and O–H groups in total. The zero-order valence-corrected chi connectivity index (χ0v) is 19.0. The zero-order valence-electron chi connectivity index (χ0n) is 18.2. The van der Waals surface area contributed by atoms with Gasteiger partial charge in [0.05, 0.1) is 25.3 Å². The second kappa shape index (κ2) is 9.28. The molecule has 0 bridgehead atoms. The van der Waals surface area contributed by atoms with Crippen LogP contribution in [-0.4, -0.2) is 53.8 Å². The van der Waals surface area contributed by atoms with E-state index in [9.17, 15) is 9.59 Å². The van der Waals surface area contributed by atoms with Gasteiger partial charge in [-0.1, -0.05) is 30.6 Å². The molecular weight excluding hydrogens is 422 g/mol. The summed E-state index contributed by atoms with van der Waals surface area (Å²) in [6.45, 7) is 8.34. The average Bonchev–Trinajstić information content (AvgIpc) is 3.10. The maximum Gasteiger partial charge on any atom is 0.259 e. The van der Waals surface area contributed by atoms with E-state index < -0.39 is 11.5 Å². The van der Waals surface area contributed by atoms with E-state index >= 15 is 0 Å². The Morgan fingerprint density at radius 3 is 2.74 bits per heavy atom. The van der Waals surface area contributed by atoms with Crippen molar-refractivity contribution in [2.45, 2.75) is 45.6 Å². The Labute approximate surface area is 186 Å². The Balaban J connectivity index is 1.82. The molecule has 1 fully saturated rings. The van der Waals surface area contributed by atoms with Gasteiger partial charge in [-0.2, -0.15) is 0 Å². The van der Waals surface area contributed by atoms with Crippen LogP contribution in [0.2, 0.25) is 5.02 Å². The summed E-state index contributed by atoms with van der Waals surface area (Å²) >= 11 is 6.08. The Bertz CT molecular complexity index is 974. The number of ether oxygens (including phenoxy) is 2. The molecule has 1 aliphatic heterocycles. The van der Waals surface area contributed by atoms with Crippen molar-refractivity contribution in [3.05, 3.63) is 45.8 Å². The van der Waals surface area contributed by atoms with Crippen molar-refractivity contribution < 1.29 is 23.6 Å². The first-order chi connectivity index (χ1) is 14.6. The number of morpholine rings is 1. The van der Waals surface area contributed by atoms with Crippen LogP contribution < -0.4 is 10.5 Å². The summed E-state index contributed by atoms with van der Waals surface area (Å²) in [4.78, 5) is 26.8. The van der Waals surface area contributed by atoms with Crippen molar-refractivity contribution in [1.82, 2.24) is 10.1 Å². The third-order valence-corrected chi connectivity index (χ3v) is 5.74. The summed E-state index contributed by atoms with van der Waals surface area (Å²) in [7, 11) is 0. The molecule has 0 aliphatic carbocycles. The largest absolute Gasteiger partial charge is 0.490 e. The number of rotatable bonds is 7. The van der Waals surface area contributed by atoms with Gasteiger partial charge in [-0.25, -0.2) is 0 Å². The molecule has 0 radical (unpaired) electrons.